The molecule has 0 bridgehead atoms. The van der Waals surface area contributed by atoms with Crippen molar-refractivity contribution in [3.8, 4) is 0 Å². The highest BCUT2D eigenvalue weighted by atomic mass is 16.3. The SMILES string of the molecule is C[C@]12C[C@H](O)C3[C@@H](CCC4=CC(=O)CC[C@@]43C)[C@@H]1CC[C@@H]2C(=O)CO. The number of carbonyl (C=O) groups excluding carboxylic acids is 2. The van der Waals surface area contributed by atoms with Crippen molar-refractivity contribution in [2.75, 3.05) is 6.61 Å². The molecule has 3 saturated carbocycles. The molecule has 4 nitrogen and oxygen atoms in total. The van der Waals surface area contributed by atoms with E-state index in [1.54, 1.807) is 0 Å². The van der Waals surface area contributed by atoms with Gasteiger partial charge < -0.3 is 10.2 Å². The average molecular weight is 346 g/mol. The van der Waals surface area contributed by atoms with Gasteiger partial charge >= 0.3 is 0 Å². The zero-order chi connectivity index (χ0) is 18.0. The fourth-order valence-electron chi connectivity index (χ4n) is 7.33. The zero-order valence-electron chi connectivity index (χ0n) is 15.3. The molecule has 138 valence electrons. The third-order valence-electron chi connectivity index (χ3n) is 8.44. The van der Waals surface area contributed by atoms with Crippen LogP contribution in [-0.2, 0) is 9.59 Å². The lowest BCUT2D eigenvalue weighted by molar-refractivity contribution is -0.146. The van der Waals surface area contributed by atoms with Gasteiger partial charge in [0.2, 0.25) is 0 Å². The van der Waals surface area contributed by atoms with E-state index < -0.39 is 6.10 Å². The van der Waals surface area contributed by atoms with Crippen LogP contribution in [0.15, 0.2) is 11.6 Å². The molecule has 0 spiro atoms. The van der Waals surface area contributed by atoms with Crippen molar-refractivity contribution in [2.24, 2.45) is 34.5 Å². The van der Waals surface area contributed by atoms with Gasteiger partial charge in [-0.05, 0) is 73.2 Å². The molecule has 4 rings (SSSR count). The first-order chi connectivity index (χ1) is 11.8. The van der Waals surface area contributed by atoms with E-state index in [-0.39, 0.29) is 40.8 Å². The van der Waals surface area contributed by atoms with Crippen molar-refractivity contribution >= 4 is 11.6 Å². The molecule has 0 amide bonds. The van der Waals surface area contributed by atoms with Crippen molar-refractivity contribution in [2.45, 2.75) is 64.9 Å². The van der Waals surface area contributed by atoms with Crippen LogP contribution in [0.1, 0.15) is 58.8 Å². The molecule has 0 radical (unpaired) electrons. The van der Waals surface area contributed by atoms with Crippen molar-refractivity contribution < 1.29 is 19.8 Å². The lowest BCUT2D eigenvalue weighted by Gasteiger charge is -2.59. The highest BCUT2D eigenvalue weighted by Gasteiger charge is 2.62. The Kier molecular flexibility index (Phi) is 4.01. The van der Waals surface area contributed by atoms with Crippen molar-refractivity contribution in [3.63, 3.8) is 0 Å². The van der Waals surface area contributed by atoms with Gasteiger partial charge in [0.1, 0.15) is 6.61 Å². The molecule has 7 atom stereocenters. The van der Waals surface area contributed by atoms with E-state index in [9.17, 15) is 19.8 Å². The molecule has 1 unspecified atom stereocenters. The predicted octanol–water partition coefficient (Wildman–Crippen LogP) is 2.67. The second kappa shape index (κ2) is 5.75. The molecule has 3 fully saturated rings. The summed E-state index contributed by atoms with van der Waals surface area (Å²) in [6.07, 6.45) is 7.32. The van der Waals surface area contributed by atoms with Crippen LogP contribution in [0.5, 0.6) is 0 Å². The van der Waals surface area contributed by atoms with Crippen LogP contribution < -0.4 is 0 Å². The molecule has 4 aliphatic carbocycles. The van der Waals surface area contributed by atoms with Crippen molar-refractivity contribution in [3.05, 3.63) is 11.6 Å². The van der Waals surface area contributed by atoms with Gasteiger partial charge in [-0.25, -0.2) is 0 Å². The number of allylic oxidation sites excluding steroid dienone is 1. The number of hydrogen-bond acceptors (Lipinski definition) is 4. The summed E-state index contributed by atoms with van der Waals surface area (Å²) in [5, 5.41) is 20.5. The van der Waals surface area contributed by atoms with Crippen LogP contribution in [0, 0.1) is 34.5 Å². The number of rotatable bonds is 2. The van der Waals surface area contributed by atoms with E-state index >= 15 is 0 Å². The molecule has 4 aliphatic rings. The maximum Gasteiger partial charge on any atom is 0.161 e. The molecule has 25 heavy (non-hydrogen) atoms. The Bertz CT molecular complexity index is 638. The summed E-state index contributed by atoms with van der Waals surface area (Å²) in [6, 6.07) is 0. The standard InChI is InChI=1S/C21H30O4/c1-20-8-7-13(23)9-12(20)3-4-14-15-5-6-16(18(25)11-22)21(15,2)10-17(24)19(14)20/h9,14-17,19,22,24H,3-8,10-11H2,1-2H3/t14-,15-,16+,17-,19?,20-,21-/m0/s1. The average Bonchev–Trinajstić information content (AvgIpc) is 2.91. The van der Waals surface area contributed by atoms with Crippen LogP contribution in [-0.4, -0.2) is 34.5 Å². The Morgan fingerprint density at radius 3 is 2.72 bits per heavy atom. The molecular formula is C21H30O4. The van der Waals surface area contributed by atoms with Gasteiger partial charge in [-0.2, -0.15) is 0 Å². The third kappa shape index (κ3) is 2.33. The fourth-order valence-corrected chi connectivity index (χ4v) is 7.33. The Morgan fingerprint density at radius 1 is 1.24 bits per heavy atom. The topological polar surface area (TPSA) is 74.6 Å². The molecule has 0 saturated heterocycles. The molecule has 4 heteroatoms. The second-order valence-electron chi connectivity index (χ2n) is 9.42. The Balaban J connectivity index is 1.70. The number of ketones is 2. The molecule has 0 aromatic heterocycles. The lowest BCUT2D eigenvalue weighted by Crippen LogP contribution is -2.57. The van der Waals surface area contributed by atoms with E-state index in [4.69, 9.17) is 0 Å². The third-order valence-corrected chi connectivity index (χ3v) is 8.44. The molecule has 0 aromatic rings. The number of hydrogen-bond donors (Lipinski definition) is 2. The maximum absolute atomic E-state index is 12.3. The summed E-state index contributed by atoms with van der Waals surface area (Å²) in [5.41, 5.74) is 0.979. The first-order valence-electron chi connectivity index (χ1n) is 9.87. The van der Waals surface area contributed by atoms with Gasteiger partial charge in [0.25, 0.3) is 0 Å². The largest absolute Gasteiger partial charge is 0.393 e. The highest BCUT2D eigenvalue weighted by molar-refractivity contribution is 5.91. The van der Waals surface area contributed by atoms with E-state index in [0.717, 1.165) is 32.1 Å². The minimum Gasteiger partial charge on any atom is -0.393 e. The van der Waals surface area contributed by atoms with Gasteiger partial charge in [0.15, 0.2) is 11.6 Å². The van der Waals surface area contributed by atoms with Gasteiger partial charge in [-0.1, -0.05) is 19.4 Å². The predicted molar refractivity (Wildman–Crippen MR) is 93.7 cm³/mol. The summed E-state index contributed by atoms with van der Waals surface area (Å²) in [6.45, 7) is 4.03. The van der Waals surface area contributed by atoms with Crippen LogP contribution in [0.4, 0.5) is 0 Å². The summed E-state index contributed by atoms with van der Waals surface area (Å²) < 4.78 is 0. The van der Waals surface area contributed by atoms with Crippen LogP contribution >= 0.6 is 0 Å². The van der Waals surface area contributed by atoms with Gasteiger partial charge in [-0.3, -0.25) is 9.59 Å². The van der Waals surface area contributed by atoms with Crippen molar-refractivity contribution in [1.82, 2.24) is 0 Å². The van der Waals surface area contributed by atoms with Gasteiger partial charge in [0, 0.05) is 12.3 Å². The minimum absolute atomic E-state index is 0.0541. The zero-order valence-corrected chi connectivity index (χ0v) is 15.3. The van der Waals surface area contributed by atoms with Crippen LogP contribution in [0.25, 0.3) is 0 Å². The van der Waals surface area contributed by atoms with Gasteiger partial charge in [-0.15, -0.1) is 0 Å². The smallest absolute Gasteiger partial charge is 0.161 e. The number of Topliss-reactive ketones (excluding diaryl/α,β-unsaturated/α-hetero) is 1. The second-order valence-corrected chi connectivity index (χ2v) is 9.42. The highest BCUT2D eigenvalue weighted by Crippen LogP contribution is 2.66. The normalized spacial score (nSPS) is 49.0. The first-order valence-corrected chi connectivity index (χ1v) is 9.87. The fraction of sp³-hybridized carbons (Fsp3) is 0.810. The van der Waals surface area contributed by atoms with E-state index in [2.05, 4.69) is 13.8 Å². The molecular weight excluding hydrogens is 316 g/mol. The maximum atomic E-state index is 12.3. The molecule has 0 aromatic carbocycles. The van der Waals surface area contributed by atoms with E-state index in [0.29, 0.717) is 24.7 Å². The van der Waals surface area contributed by atoms with E-state index in [1.807, 2.05) is 6.08 Å². The minimum atomic E-state index is -0.430. The summed E-state index contributed by atoms with van der Waals surface area (Å²) in [7, 11) is 0. The Morgan fingerprint density at radius 2 is 2.00 bits per heavy atom. The molecule has 0 heterocycles. The molecule has 0 aliphatic heterocycles. The molecule has 2 N–H and O–H groups in total. The quantitative estimate of drug-likeness (QED) is 0.806. The summed E-state index contributed by atoms with van der Waals surface area (Å²) >= 11 is 0. The monoisotopic (exact) mass is 346 g/mol. The number of aliphatic hydroxyl groups excluding tert-OH is 2. The van der Waals surface area contributed by atoms with Crippen LogP contribution in [0.3, 0.4) is 0 Å². The van der Waals surface area contributed by atoms with Crippen molar-refractivity contribution in [1.29, 1.82) is 0 Å². The summed E-state index contributed by atoms with van der Waals surface area (Å²) in [5.74, 6) is 1.12. The first kappa shape index (κ1) is 17.4. The number of aliphatic hydroxyl groups is 2. The van der Waals surface area contributed by atoms with Crippen LogP contribution in [0.2, 0.25) is 0 Å². The van der Waals surface area contributed by atoms with Gasteiger partial charge in [0.05, 0.1) is 6.10 Å². The number of carbonyl (C=O) groups is 2. The number of fused-ring (bicyclic) bond motifs is 5. The lowest BCUT2D eigenvalue weighted by atomic mass is 9.46. The Labute approximate surface area is 149 Å². The van der Waals surface area contributed by atoms with E-state index in [1.165, 1.54) is 5.57 Å². The summed E-state index contributed by atoms with van der Waals surface area (Å²) in [4.78, 5) is 24.2. The Hall–Kier alpha value is -1.00.